The van der Waals surface area contributed by atoms with Crippen LogP contribution in [0.4, 0.5) is 5.69 Å². The molecule has 3 rings (SSSR count). The molecule has 0 radical (unpaired) electrons. The van der Waals surface area contributed by atoms with Crippen molar-refractivity contribution in [1.82, 2.24) is 4.98 Å². The van der Waals surface area contributed by atoms with Crippen LogP contribution in [0.5, 0.6) is 5.75 Å². The Labute approximate surface area is 123 Å². The molecule has 0 bridgehead atoms. The van der Waals surface area contributed by atoms with Crippen molar-refractivity contribution in [3.8, 4) is 5.75 Å². The van der Waals surface area contributed by atoms with Crippen LogP contribution in [-0.4, -0.2) is 4.98 Å². The summed E-state index contributed by atoms with van der Waals surface area (Å²) in [6.07, 6.45) is 0. The van der Waals surface area contributed by atoms with E-state index in [0.29, 0.717) is 22.7 Å². The van der Waals surface area contributed by atoms with Gasteiger partial charge in [-0.2, -0.15) is 0 Å². The number of hydrogen-bond donors (Lipinski definition) is 1. The lowest BCUT2D eigenvalue weighted by molar-refractivity contribution is 0.267. The molecular formula is C14H11IN2O2. The topological polar surface area (TPSA) is 61.3 Å². The number of fused-ring (bicyclic) bond motifs is 1. The first kappa shape index (κ1) is 12.3. The summed E-state index contributed by atoms with van der Waals surface area (Å²) in [5.74, 6) is 1.31. The third-order valence-electron chi connectivity index (χ3n) is 2.67. The number of halogens is 1. The maximum Gasteiger partial charge on any atom is 0.233 e. The molecule has 2 N–H and O–H groups in total. The lowest BCUT2D eigenvalue weighted by Gasteiger charge is -2.02. The molecule has 96 valence electrons. The standard InChI is InChI=1S/C14H11IN2O2/c15-9-4-6-10(7-5-9)18-8-13-17-14-11(16)2-1-3-12(14)19-13/h1-7H,8,16H2. The Morgan fingerprint density at radius 3 is 2.68 bits per heavy atom. The number of rotatable bonds is 3. The molecule has 5 heteroatoms. The van der Waals surface area contributed by atoms with Gasteiger partial charge in [-0.05, 0) is 59.0 Å². The van der Waals surface area contributed by atoms with Crippen molar-refractivity contribution in [3.05, 3.63) is 51.9 Å². The fourth-order valence-electron chi connectivity index (χ4n) is 1.75. The largest absolute Gasteiger partial charge is 0.484 e. The molecule has 0 atom stereocenters. The van der Waals surface area contributed by atoms with Gasteiger partial charge in [0.1, 0.15) is 11.3 Å². The predicted molar refractivity (Wildman–Crippen MR) is 81.9 cm³/mol. The summed E-state index contributed by atoms with van der Waals surface area (Å²) in [5, 5.41) is 0. The summed E-state index contributed by atoms with van der Waals surface area (Å²) >= 11 is 2.25. The molecule has 0 aliphatic heterocycles. The molecule has 1 heterocycles. The van der Waals surface area contributed by atoms with Gasteiger partial charge in [-0.15, -0.1) is 0 Å². The van der Waals surface area contributed by atoms with Crippen molar-refractivity contribution in [2.45, 2.75) is 6.61 Å². The highest BCUT2D eigenvalue weighted by molar-refractivity contribution is 14.1. The minimum Gasteiger partial charge on any atom is -0.484 e. The number of nitrogens with zero attached hydrogens (tertiary/aromatic N) is 1. The first-order chi connectivity index (χ1) is 9.22. The van der Waals surface area contributed by atoms with Crippen molar-refractivity contribution in [3.63, 3.8) is 0 Å². The zero-order chi connectivity index (χ0) is 13.2. The first-order valence-electron chi connectivity index (χ1n) is 5.74. The Kier molecular flexibility index (Phi) is 3.29. The predicted octanol–water partition coefficient (Wildman–Crippen LogP) is 3.59. The minimum atomic E-state index is 0.286. The summed E-state index contributed by atoms with van der Waals surface area (Å²) in [7, 11) is 0. The molecule has 0 saturated heterocycles. The molecular weight excluding hydrogens is 355 g/mol. The zero-order valence-electron chi connectivity index (χ0n) is 9.97. The summed E-state index contributed by atoms with van der Waals surface area (Å²) in [5.41, 5.74) is 7.81. The Morgan fingerprint density at radius 1 is 1.16 bits per heavy atom. The van der Waals surface area contributed by atoms with Gasteiger partial charge < -0.3 is 14.9 Å². The zero-order valence-corrected chi connectivity index (χ0v) is 12.1. The lowest BCUT2D eigenvalue weighted by atomic mass is 10.3. The maximum atomic E-state index is 5.83. The van der Waals surface area contributed by atoms with Crippen molar-refractivity contribution in [2.24, 2.45) is 0 Å². The number of para-hydroxylation sites is 1. The minimum absolute atomic E-state index is 0.286. The van der Waals surface area contributed by atoms with E-state index in [1.165, 1.54) is 3.57 Å². The van der Waals surface area contributed by atoms with Gasteiger partial charge in [-0.3, -0.25) is 0 Å². The number of nitrogen functional groups attached to an aromatic ring is 1. The SMILES string of the molecule is Nc1cccc2oc(COc3ccc(I)cc3)nc12. The van der Waals surface area contributed by atoms with Crippen LogP contribution in [0.2, 0.25) is 0 Å². The fraction of sp³-hybridized carbons (Fsp3) is 0.0714. The van der Waals surface area contributed by atoms with Gasteiger partial charge in [0.25, 0.3) is 0 Å². The Bertz CT molecular complexity index is 707. The average Bonchev–Trinajstić information content (AvgIpc) is 2.83. The number of oxazole rings is 1. The second-order valence-electron chi connectivity index (χ2n) is 4.04. The smallest absolute Gasteiger partial charge is 0.233 e. The average molecular weight is 366 g/mol. The molecule has 0 aliphatic rings. The van der Waals surface area contributed by atoms with Crippen molar-refractivity contribution >= 4 is 39.4 Å². The van der Waals surface area contributed by atoms with Gasteiger partial charge >= 0.3 is 0 Å². The number of nitrogens with two attached hydrogens (primary N) is 1. The number of ether oxygens (including phenoxy) is 1. The molecule has 0 unspecified atom stereocenters. The first-order valence-corrected chi connectivity index (χ1v) is 6.82. The van der Waals surface area contributed by atoms with Crippen molar-refractivity contribution in [1.29, 1.82) is 0 Å². The number of anilines is 1. The number of benzene rings is 2. The molecule has 1 aromatic heterocycles. The molecule has 19 heavy (non-hydrogen) atoms. The summed E-state index contributed by atoms with van der Waals surface area (Å²) in [6.45, 7) is 0.286. The van der Waals surface area contributed by atoms with Crippen molar-refractivity contribution in [2.75, 3.05) is 5.73 Å². The van der Waals surface area contributed by atoms with Gasteiger partial charge in [-0.25, -0.2) is 4.98 Å². The van der Waals surface area contributed by atoms with Gasteiger partial charge in [-0.1, -0.05) is 6.07 Å². The van der Waals surface area contributed by atoms with Gasteiger partial charge in [0.15, 0.2) is 12.2 Å². The summed E-state index contributed by atoms with van der Waals surface area (Å²) < 4.78 is 12.4. The van der Waals surface area contributed by atoms with E-state index in [1.54, 1.807) is 6.07 Å². The quantitative estimate of drug-likeness (QED) is 0.569. The van der Waals surface area contributed by atoms with Crippen LogP contribution in [0, 0.1) is 3.57 Å². The van der Waals surface area contributed by atoms with Crippen LogP contribution < -0.4 is 10.5 Å². The van der Waals surface area contributed by atoms with Gasteiger partial charge in [0.05, 0.1) is 5.69 Å². The molecule has 0 saturated carbocycles. The van der Waals surface area contributed by atoms with Crippen LogP contribution in [0.3, 0.4) is 0 Å². The third kappa shape index (κ3) is 2.65. The van der Waals surface area contributed by atoms with Crippen LogP contribution in [0.1, 0.15) is 5.89 Å². The van der Waals surface area contributed by atoms with E-state index in [2.05, 4.69) is 27.6 Å². The van der Waals surface area contributed by atoms with Crippen LogP contribution >= 0.6 is 22.6 Å². The van der Waals surface area contributed by atoms with Crippen LogP contribution in [0.15, 0.2) is 46.9 Å². The molecule has 0 fully saturated rings. The second-order valence-corrected chi connectivity index (χ2v) is 5.29. The van der Waals surface area contributed by atoms with E-state index in [4.69, 9.17) is 14.9 Å². The second kappa shape index (κ2) is 5.08. The van der Waals surface area contributed by atoms with E-state index < -0.39 is 0 Å². The number of aromatic nitrogens is 1. The Balaban J connectivity index is 1.78. The molecule has 2 aromatic carbocycles. The monoisotopic (exact) mass is 366 g/mol. The Hall–Kier alpha value is -1.76. The Morgan fingerprint density at radius 2 is 1.95 bits per heavy atom. The number of hydrogen-bond acceptors (Lipinski definition) is 4. The van der Waals surface area contributed by atoms with E-state index >= 15 is 0 Å². The van der Waals surface area contributed by atoms with E-state index in [9.17, 15) is 0 Å². The highest BCUT2D eigenvalue weighted by atomic mass is 127. The normalized spacial score (nSPS) is 10.8. The summed E-state index contributed by atoms with van der Waals surface area (Å²) in [6, 6.07) is 13.3. The fourth-order valence-corrected chi connectivity index (χ4v) is 2.11. The van der Waals surface area contributed by atoms with E-state index in [1.807, 2.05) is 36.4 Å². The van der Waals surface area contributed by atoms with E-state index in [-0.39, 0.29) is 6.61 Å². The van der Waals surface area contributed by atoms with E-state index in [0.717, 1.165) is 5.75 Å². The molecule has 0 aliphatic carbocycles. The molecule has 4 nitrogen and oxygen atoms in total. The molecule has 0 spiro atoms. The van der Waals surface area contributed by atoms with Crippen LogP contribution in [-0.2, 0) is 6.61 Å². The lowest BCUT2D eigenvalue weighted by Crippen LogP contribution is -1.95. The van der Waals surface area contributed by atoms with Crippen LogP contribution in [0.25, 0.3) is 11.1 Å². The van der Waals surface area contributed by atoms with Gasteiger partial charge in [0.2, 0.25) is 5.89 Å². The van der Waals surface area contributed by atoms with Gasteiger partial charge in [0, 0.05) is 3.57 Å². The molecule has 0 amide bonds. The maximum absolute atomic E-state index is 5.83. The third-order valence-corrected chi connectivity index (χ3v) is 3.39. The van der Waals surface area contributed by atoms with Crippen molar-refractivity contribution < 1.29 is 9.15 Å². The summed E-state index contributed by atoms with van der Waals surface area (Å²) in [4.78, 5) is 4.33. The highest BCUT2D eigenvalue weighted by Gasteiger charge is 2.08. The highest BCUT2D eigenvalue weighted by Crippen LogP contribution is 2.22. The molecule has 3 aromatic rings.